The molecule has 0 saturated heterocycles. The second-order valence-electron chi connectivity index (χ2n) is 4.52. The molecule has 0 spiro atoms. The van der Waals surface area contributed by atoms with E-state index in [1.807, 2.05) is 6.92 Å². The van der Waals surface area contributed by atoms with Gasteiger partial charge in [-0.3, -0.25) is 10.2 Å². The molecule has 4 atom stereocenters. The fourth-order valence-corrected chi connectivity index (χ4v) is 1.30. The SMILES string of the molecule is CC1CC1C.CC1CC1C(=O)NN. The third kappa shape index (κ3) is 3.35. The first-order valence-corrected chi connectivity index (χ1v) is 5.06. The van der Waals surface area contributed by atoms with Gasteiger partial charge < -0.3 is 0 Å². The average molecular weight is 184 g/mol. The van der Waals surface area contributed by atoms with Gasteiger partial charge in [0.2, 0.25) is 5.91 Å². The van der Waals surface area contributed by atoms with Gasteiger partial charge in [0.05, 0.1) is 0 Å². The maximum Gasteiger partial charge on any atom is 0.237 e. The molecule has 1 amide bonds. The Kier molecular flexibility index (Phi) is 3.31. The summed E-state index contributed by atoms with van der Waals surface area (Å²) < 4.78 is 0. The maximum atomic E-state index is 10.5. The van der Waals surface area contributed by atoms with Crippen LogP contribution in [0.1, 0.15) is 33.6 Å². The Hall–Kier alpha value is -0.570. The Labute approximate surface area is 80.0 Å². The number of nitrogens with two attached hydrogens (primary N) is 1. The largest absolute Gasteiger partial charge is 0.294 e. The van der Waals surface area contributed by atoms with Crippen molar-refractivity contribution in [2.45, 2.75) is 33.6 Å². The molecule has 3 N–H and O–H groups in total. The van der Waals surface area contributed by atoms with Crippen LogP contribution in [0.2, 0.25) is 0 Å². The predicted molar refractivity (Wildman–Crippen MR) is 52.5 cm³/mol. The van der Waals surface area contributed by atoms with Gasteiger partial charge in [-0.05, 0) is 30.6 Å². The summed E-state index contributed by atoms with van der Waals surface area (Å²) in [7, 11) is 0. The Morgan fingerprint density at radius 1 is 1.15 bits per heavy atom. The molecule has 2 aliphatic rings. The summed E-state index contributed by atoms with van der Waals surface area (Å²) in [6, 6.07) is 0. The van der Waals surface area contributed by atoms with Crippen LogP contribution < -0.4 is 11.3 Å². The lowest BCUT2D eigenvalue weighted by atomic mass is 10.3. The minimum absolute atomic E-state index is 0.0162. The van der Waals surface area contributed by atoms with Gasteiger partial charge in [-0.15, -0.1) is 0 Å². The Balaban J connectivity index is 0.000000145. The first kappa shape index (κ1) is 10.5. The molecule has 13 heavy (non-hydrogen) atoms. The van der Waals surface area contributed by atoms with Crippen molar-refractivity contribution >= 4 is 5.91 Å². The zero-order chi connectivity index (χ0) is 10.0. The predicted octanol–water partition coefficient (Wildman–Crippen LogP) is 1.29. The number of hydrazine groups is 1. The number of rotatable bonds is 1. The minimum atomic E-state index is -0.0162. The van der Waals surface area contributed by atoms with Crippen LogP contribution in [-0.4, -0.2) is 5.91 Å². The summed E-state index contributed by atoms with van der Waals surface area (Å²) in [5.74, 6) is 7.72. The molecule has 3 nitrogen and oxygen atoms in total. The zero-order valence-corrected chi connectivity index (χ0v) is 8.71. The fraction of sp³-hybridized carbons (Fsp3) is 0.900. The van der Waals surface area contributed by atoms with E-state index in [2.05, 4.69) is 19.3 Å². The van der Waals surface area contributed by atoms with Crippen molar-refractivity contribution in [3.8, 4) is 0 Å². The maximum absolute atomic E-state index is 10.5. The van der Waals surface area contributed by atoms with E-state index >= 15 is 0 Å². The van der Waals surface area contributed by atoms with Crippen molar-refractivity contribution in [2.75, 3.05) is 0 Å². The number of carbonyl (C=O) groups excluding carboxylic acids is 1. The summed E-state index contributed by atoms with van der Waals surface area (Å²) in [4.78, 5) is 10.5. The van der Waals surface area contributed by atoms with E-state index in [1.165, 1.54) is 6.42 Å². The van der Waals surface area contributed by atoms with Crippen molar-refractivity contribution in [2.24, 2.45) is 29.5 Å². The third-order valence-electron chi connectivity index (χ3n) is 3.10. The molecule has 3 heteroatoms. The van der Waals surface area contributed by atoms with Crippen molar-refractivity contribution < 1.29 is 4.79 Å². The smallest absolute Gasteiger partial charge is 0.237 e. The molecule has 2 aliphatic carbocycles. The molecule has 0 aromatic heterocycles. The summed E-state index contributed by atoms with van der Waals surface area (Å²) >= 11 is 0. The normalized spacial score (nSPS) is 40.0. The van der Waals surface area contributed by atoms with Crippen LogP contribution in [0.15, 0.2) is 0 Å². The van der Waals surface area contributed by atoms with Gasteiger partial charge >= 0.3 is 0 Å². The molecule has 2 rings (SSSR count). The van der Waals surface area contributed by atoms with E-state index in [0.29, 0.717) is 5.92 Å². The standard InChI is InChI=1S/C5H10N2O.C5H10/c1-3-2-4(3)5(8)7-6;1-4-3-5(4)2/h3-4H,2,6H2,1H3,(H,7,8);4-5H,3H2,1-2H3. The van der Waals surface area contributed by atoms with Crippen LogP contribution in [0.5, 0.6) is 0 Å². The quantitative estimate of drug-likeness (QED) is 0.366. The lowest BCUT2D eigenvalue weighted by Gasteiger charge is -1.91. The molecular formula is C10H20N2O. The molecule has 0 heterocycles. The molecule has 76 valence electrons. The first-order valence-electron chi connectivity index (χ1n) is 5.06. The van der Waals surface area contributed by atoms with Crippen molar-refractivity contribution in [3.63, 3.8) is 0 Å². The summed E-state index contributed by atoms with van der Waals surface area (Å²) in [6.45, 7) is 6.63. The number of carbonyl (C=O) groups is 1. The molecule has 0 aromatic rings. The highest BCUT2D eigenvalue weighted by molar-refractivity contribution is 5.80. The second kappa shape index (κ2) is 4.09. The molecule has 0 bridgehead atoms. The van der Waals surface area contributed by atoms with E-state index in [-0.39, 0.29) is 11.8 Å². The van der Waals surface area contributed by atoms with Gasteiger partial charge in [0, 0.05) is 5.92 Å². The van der Waals surface area contributed by atoms with Gasteiger partial charge in [-0.1, -0.05) is 20.8 Å². The highest BCUT2D eigenvalue weighted by Gasteiger charge is 2.38. The number of amides is 1. The van der Waals surface area contributed by atoms with E-state index in [1.54, 1.807) is 0 Å². The van der Waals surface area contributed by atoms with Crippen molar-refractivity contribution in [1.29, 1.82) is 0 Å². The fourth-order valence-electron chi connectivity index (χ4n) is 1.30. The second-order valence-corrected chi connectivity index (χ2v) is 4.52. The molecule has 0 radical (unpaired) electrons. The van der Waals surface area contributed by atoms with Crippen LogP contribution in [0, 0.1) is 23.7 Å². The van der Waals surface area contributed by atoms with E-state index in [0.717, 1.165) is 18.3 Å². The monoisotopic (exact) mass is 184 g/mol. The van der Waals surface area contributed by atoms with Crippen LogP contribution in [0.3, 0.4) is 0 Å². The summed E-state index contributed by atoms with van der Waals surface area (Å²) in [6.07, 6.45) is 2.48. The number of hydrogen-bond acceptors (Lipinski definition) is 2. The van der Waals surface area contributed by atoms with Crippen LogP contribution in [-0.2, 0) is 4.79 Å². The third-order valence-corrected chi connectivity index (χ3v) is 3.10. The van der Waals surface area contributed by atoms with Gasteiger partial charge in [-0.2, -0.15) is 0 Å². The van der Waals surface area contributed by atoms with E-state index < -0.39 is 0 Å². The number of hydrogen-bond donors (Lipinski definition) is 2. The molecule has 0 aromatic carbocycles. The Morgan fingerprint density at radius 2 is 1.54 bits per heavy atom. The summed E-state index contributed by atoms with van der Waals surface area (Å²) in [5.41, 5.74) is 2.12. The minimum Gasteiger partial charge on any atom is -0.294 e. The lowest BCUT2D eigenvalue weighted by Crippen LogP contribution is -2.31. The Bertz CT molecular complexity index is 187. The molecule has 2 fully saturated rings. The van der Waals surface area contributed by atoms with Gasteiger partial charge in [0.25, 0.3) is 0 Å². The number of nitrogens with one attached hydrogen (secondary N) is 1. The summed E-state index contributed by atoms with van der Waals surface area (Å²) in [5, 5.41) is 0. The van der Waals surface area contributed by atoms with E-state index in [9.17, 15) is 4.79 Å². The van der Waals surface area contributed by atoms with Crippen LogP contribution in [0.4, 0.5) is 0 Å². The van der Waals surface area contributed by atoms with Crippen molar-refractivity contribution in [3.05, 3.63) is 0 Å². The molecule has 0 aliphatic heterocycles. The van der Waals surface area contributed by atoms with Crippen LogP contribution >= 0.6 is 0 Å². The highest BCUT2D eigenvalue weighted by Crippen LogP contribution is 2.37. The van der Waals surface area contributed by atoms with Gasteiger partial charge in [0.15, 0.2) is 0 Å². The molecular weight excluding hydrogens is 164 g/mol. The highest BCUT2D eigenvalue weighted by atomic mass is 16.2. The lowest BCUT2D eigenvalue weighted by molar-refractivity contribution is -0.122. The molecule has 2 saturated carbocycles. The average Bonchev–Trinajstić information content (AvgIpc) is 2.95. The molecule has 4 unspecified atom stereocenters. The zero-order valence-electron chi connectivity index (χ0n) is 8.71. The Morgan fingerprint density at radius 3 is 1.62 bits per heavy atom. The van der Waals surface area contributed by atoms with Gasteiger partial charge in [0.1, 0.15) is 0 Å². The van der Waals surface area contributed by atoms with Gasteiger partial charge in [-0.25, -0.2) is 5.84 Å². The van der Waals surface area contributed by atoms with E-state index in [4.69, 9.17) is 5.84 Å². The first-order chi connectivity index (χ1) is 6.06. The van der Waals surface area contributed by atoms with Crippen molar-refractivity contribution in [1.82, 2.24) is 5.43 Å². The topological polar surface area (TPSA) is 55.1 Å². The van der Waals surface area contributed by atoms with Crippen LogP contribution in [0.25, 0.3) is 0 Å².